The van der Waals surface area contributed by atoms with Crippen molar-refractivity contribution in [3.63, 3.8) is 0 Å². The molecule has 0 unspecified atom stereocenters. The van der Waals surface area contributed by atoms with Crippen LogP contribution in [0, 0.1) is 0 Å². The number of nitrogens with one attached hydrogen (secondary N) is 1. The van der Waals surface area contributed by atoms with Crippen LogP contribution in [0.4, 0.5) is 0 Å². The van der Waals surface area contributed by atoms with E-state index in [0.29, 0.717) is 0 Å². The maximum absolute atomic E-state index is 11.6. The van der Waals surface area contributed by atoms with Crippen molar-refractivity contribution in [3.8, 4) is 0 Å². The SMILES string of the molecule is O=C(Cc1ccccc1)NN1C[C@H](P(=O)(O)O)C1=O. The molecular formula is C11H13N2O5P. The molecule has 1 saturated heterocycles. The van der Waals surface area contributed by atoms with E-state index in [1.807, 2.05) is 6.07 Å². The Bertz CT molecular complexity index is 541. The molecule has 1 atom stereocenters. The third-order valence-electron chi connectivity index (χ3n) is 2.78. The van der Waals surface area contributed by atoms with Gasteiger partial charge in [-0.25, -0.2) is 0 Å². The van der Waals surface area contributed by atoms with Gasteiger partial charge in [0.05, 0.1) is 13.0 Å². The molecular weight excluding hydrogens is 271 g/mol. The maximum Gasteiger partial charge on any atom is 0.339 e. The summed E-state index contributed by atoms with van der Waals surface area (Å²) in [5.74, 6) is -1.15. The number of rotatable bonds is 4. The summed E-state index contributed by atoms with van der Waals surface area (Å²) in [7, 11) is -4.42. The second kappa shape index (κ2) is 5.13. The van der Waals surface area contributed by atoms with Crippen LogP contribution in [0.25, 0.3) is 0 Å². The molecule has 2 amide bonds. The predicted octanol–water partition coefficient (Wildman–Crippen LogP) is -0.351. The summed E-state index contributed by atoms with van der Waals surface area (Å²) in [6, 6.07) is 8.96. The molecule has 19 heavy (non-hydrogen) atoms. The van der Waals surface area contributed by atoms with Crippen molar-refractivity contribution in [2.24, 2.45) is 0 Å². The molecule has 0 radical (unpaired) electrons. The van der Waals surface area contributed by atoms with Gasteiger partial charge in [-0.3, -0.25) is 24.6 Å². The standard InChI is InChI=1S/C11H13N2O5P/c14-10(6-8-4-2-1-3-5-8)12-13-7-9(11(13)15)19(16,17)18/h1-5,9H,6-7H2,(H,12,14)(H2,16,17,18)/t9-/m0/s1. The van der Waals surface area contributed by atoms with Crippen LogP contribution < -0.4 is 5.43 Å². The van der Waals surface area contributed by atoms with Gasteiger partial charge in [0.1, 0.15) is 0 Å². The number of β-lactam (4-membered cyclic amide) rings is 1. The smallest absolute Gasteiger partial charge is 0.324 e. The molecule has 0 aromatic heterocycles. The van der Waals surface area contributed by atoms with Gasteiger partial charge in [-0.1, -0.05) is 30.3 Å². The molecule has 7 nitrogen and oxygen atoms in total. The molecule has 0 spiro atoms. The number of hydrazine groups is 1. The number of nitrogens with zero attached hydrogens (tertiary/aromatic N) is 1. The largest absolute Gasteiger partial charge is 0.339 e. The molecule has 2 rings (SSSR count). The zero-order valence-electron chi connectivity index (χ0n) is 9.89. The zero-order valence-corrected chi connectivity index (χ0v) is 10.8. The third kappa shape index (κ3) is 3.20. The first-order chi connectivity index (χ1) is 8.88. The van der Waals surface area contributed by atoms with Crippen LogP contribution in [0.15, 0.2) is 30.3 Å². The van der Waals surface area contributed by atoms with Crippen molar-refractivity contribution in [2.75, 3.05) is 6.54 Å². The summed E-state index contributed by atoms with van der Waals surface area (Å²) in [6.07, 6.45) is 0.102. The van der Waals surface area contributed by atoms with Crippen LogP contribution >= 0.6 is 7.60 Å². The van der Waals surface area contributed by atoms with Crippen molar-refractivity contribution < 1.29 is 23.9 Å². The van der Waals surface area contributed by atoms with Gasteiger partial charge in [0.15, 0.2) is 5.66 Å². The number of carbonyl (C=O) groups is 2. The van der Waals surface area contributed by atoms with E-state index in [2.05, 4.69) is 5.43 Å². The lowest BCUT2D eigenvalue weighted by molar-refractivity contribution is -0.149. The highest BCUT2D eigenvalue weighted by Gasteiger charge is 2.48. The Morgan fingerprint density at radius 3 is 2.53 bits per heavy atom. The van der Waals surface area contributed by atoms with E-state index in [9.17, 15) is 14.2 Å². The normalized spacial score (nSPS) is 18.9. The van der Waals surface area contributed by atoms with E-state index in [-0.39, 0.29) is 13.0 Å². The Labute approximate surface area is 109 Å². The summed E-state index contributed by atoms with van der Waals surface area (Å²) in [5.41, 5.74) is 1.78. The molecule has 1 aliphatic rings. The van der Waals surface area contributed by atoms with Gasteiger partial charge < -0.3 is 9.79 Å². The van der Waals surface area contributed by atoms with Crippen LogP contribution in [0.3, 0.4) is 0 Å². The zero-order chi connectivity index (χ0) is 14.0. The fourth-order valence-corrected chi connectivity index (χ4v) is 2.53. The van der Waals surface area contributed by atoms with Gasteiger partial charge in [0, 0.05) is 0 Å². The lowest BCUT2D eigenvalue weighted by atomic mass is 10.1. The van der Waals surface area contributed by atoms with Crippen LogP contribution in [-0.2, 0) is 20.6 Å². The van der Waals surface area contributed by atoms with Crippen molar-refractivity contribution in [3.05, 3.63) is 35.9 Å². The number of amides is 2. The van der Waals surface area contributed by atoms with Gasteiger partial charge >= 0.3 is 7.60 Å². The number of carbonyl (C=O) groups excluding carboxylic acids is 2. The van der Waals surface area contributed by atoms with Gasteiger partial charge in [-0.05, 0) is 5.56 Å². The Hall–Kier alpha value is -1.69. The lowest BCUT2D eigenvalue weighted by Crippen LogP contribution is -2.63. The van der Waals surface area contributed by atoms with Crippen LogP contribution in [0.5, 0.6) is 0 Å². The Kier molecular flexibility index (Phi) is 3.71. The van der Waals surface area contributed by atoms with Crippen molar-refractivity contribution in [2.45, 2.75) is 12.1 Å². The second-order valence-electron chi connectivity index (χ2n) is 4.25. The number of hydrogen-bond acceptors (Lipinski definition) is 3. The molecule has 1 aliphatic heterocycles. The molecule has 102 valence electrons. The van der Waals surface area contributed by atoms with E-state index >= 15 is 0 Å². The lowest BCUT2D eigenvalue weighted by Gasteiger charge is -2.37. The first kappa shape index (κ1) is 13.7. The van der Waals surface area contributed by atoms with E-state index in [1.54, 1.807) is 24.3 Å². The fraction of sp³-hybridized carbons (Fsp3) is 0.273. The first-order valence-electron chi connectivity index (χ1n) is 5.58. The van der Waals surface area contributed by atoms with Gasteiger partial charge in [-0.2, -0.15) is 0 Å². The van der Waals surface area contributed by atoms with Crippen molar-refractivity contribution >= 4 is 19.4 Å². The van der Waals surface area contributed by atoms with Gasteiger partial charge in [-0.15, -0.1) is 0 Å². The monoisotopic (exact) mass is 284 g/mol. The molecule has 1 aromatic carbocycles. The minimum Gasteiger partial charge on any atom is -0.324 e. The quantitative estimate of drug-likeness (QED) is 0.517. The molecule has 1 fully saturated rings. The molecule has 0 aliphatic carbocycles. The Balaban J connectivity index is 1.86. The molecule has 3 N–H and O–H groups in total. The maximum atomic E-state index is 11.6. The molecule has 1 heterocycles. The summed E-state index contributed by atoms with van der Waals surface area (Å²) in [4.78, 5) is 40.7. The Morgan fingerprint density at radius 1 is 1.37 bits per heavy atom. The highest BCUT2D eigenvalue weighted by molar-refractivity contribution is 7.54. The third-order valence-corrected chi connectivity index (χ3v) is 3.98. The van der Waals surface area contributed by atoms with Crippen LogP contribution in [-0.4, -0.2) is 38.8 Å². The van der Waals surface area contributed by atoms with E-state index < -0.39 is 25.1 Å². The molecule has 8 heteroatoms. The second-order valence-corrected chi connectivity index (χ2v) is 6.05. The summed E-state index contributed by atoms with van der Waals surface area (Å²) in [5, 5.41) is 0.926. The predicted molar refractivity (Wildman–Crippen MR) is 65.8 cm³/mol. The summed E-state index contributed by atoms with van der Waals surface area (Å²) >= 11 is 0. The fourth-order valence-electron chi connectivity index (χ4n) is 1.73. The Morgan fingerprint density at radius 2 is 2.00 bits per heavy atom. The minimum atomic E-state index is -4.42. The van der Waals surface area contributed by atoms with Gasteiger partial charge in [0.25, 0.3) is 5.91 Å². The van der Waals surface area contributed by atoms with Crippen molar-refractivity contribution in [1.29, 1.82) is 0 Å². The highest BCUT2D eigenvalue weighted by Crippen LogP contribution is 2.45. The summed E-state index contributed by atoms with van der Waals surface area (Å²) < 4.78 is 10.9. The van der Waals surface area contributed by atoms with Gasteiger partial charge in [0.2, 0.25) is 5.91 Å². The number of hydrogen-bond donors (Lipinski definition) is 3. The first-order valence-corrected chi connectivity index (χ1v) is 7.26. The molecule has 0 bridgehead atoms. The van der Waals surface area contributed by atoms with Crippen LogP contribution in [0.2, 0.25) is 0 Å². The van der Waals surface area contributed by atoms with E-state index in [0.717, 1.165) is 10.6 Å². The number of benzene rings is 1. The summed E-state index contributed by atoms with van der Waals surface area (Å²) in [6.45, 7) is -0.163. The molecule has 0 saturated carbocycles. The van der Waals surface area contributed by atoms with E-state index in [4.69, 9.17) is 9.79 Å². The average molecular weight is 284 g/mol. The minimum absolute atomic E-state index is 0.102. The average Bonchev–Trinajstić information content (AvgIpc) is 2.33. The highest BCUT2D eigenvalue weighted by atomic mass is 31.2. The van der Waals surface area contributed by atoms with Crippen molar-refractivity contribution in [1.82, 2.24) is 10.4 Å². The topological polar surface area (TPSA) is 107 Å². The molecule has 1 aromatic rings. The van der Waals surface area contributed by atoms with Crippen LogP contribution in [0.1, 0.15) is 5.56 Å². The van der Waals surface area contributed by atoms with E-state index in [1.165, 1.54) is 0 Å².